The maximum Gasteiger partial charge on any atom is 0.119 e. The summed E-state index contributed by atoms with van der Waals surface area (Å²) < 4.78 is 11.2. The average molecular weight is 291 g/mol. The minimum absolute atomic E-state index is 0.534. The smallest absolute Gasteiger partial charge is 0.119 e. The lowest BCUT2D eigenvalue weighted by molar-refractivity contribution is 0.0886. The Kier molecular flexibility index (Phi) is 5.45. The number of ether oxygens (including phenoxy) is 2. The second-order valence-electron chi connectivity index (χ2n) is 4.78. The molecule has 0 amide bonds. The van der Waals surface area contributed by atoms with E-state index < -0.39 is 0 Å². The van der Waals surface area contributed by atoms with E-state index >= 15 is 0 Å². The highest BCUT2D eigenvalue weighted by atomic mass is 35.5. The van der Waals surface area contributed by atoms with Crippen LogP contribution < -0.4 is 4.74 Å². The fraction of sp³-hybridized carbons (Fsp3) is 0.294. The van der Waals surface area contributed by atoms with Gasteiger partial charge in [-0.1, -0.05) is 35.4 Å². The van der Waals surface area contributed by atoms with Crippen molar-refractivity contribution in [3.05, 3.63) is 64.2 Å². The molecule has 0 unspecified atom stereocenters. The summed E-state index contributed by atoms with van der Waals surface area (Å²) in [6, 6.07) is 13.7. The van der Waals surface area contributed by atoms with Gasteiger partial charge in [0.1, 0.15) is 12.4 Å². The number of rotatable bonds is 6. The van der Waals surface area contributed by atoms with Crippen LogP contribution in [0.3, 0.4) is 0 Å². The molecule has 2 aromatic rings. The quantitative estimate of drug-likeness (QED) is 0.727. The van der Waals surface area contributed by atoms with Crippen molar-refractivity contribution >= 4 is 11.6 Å². The van der Waals surface area contributed by atoms with Crippen LogP contribution >= 0.6 is 11.6 Å². The predicted octanol–water partition coefficient (Wildman–Crippen LogP) is 4.55. The summed E-state index contributed by atoms with van der Waals surface area (Å²) >= 11 is 5.81. The first kappa shape index (κ1) is 14.9. The summed E-state index contributed by atoms with van der Waals surface area (Å²) in [6.45, 7) is 5.92. The Hall–Kier alpha value is -1.51. The Morgan fingerprint density at radius 2 is 1.70 bits per heavy atom. The standard InChI is InChI=1S/C17H19ClO2/c1-13-3-4-15(14(2)11-13)12-19-9-10-20-17-7-5-16(18)6-8-17/h3-8,11H,9-10,12H2,1-2H3. The first-order chi connectivity index (χ1) is 9.65. The van der Waals surface area contributed by atoms with Crippen LogP contribution in [0.25, 0.3) is 0 Å². The molecule has 0 fully saturated rings. The van der Waals surface area contributed by atoms with Crippen molar-refractivity contribution in [2.24, 2.45) is 0 Å². The van der Waals surface area contributed by atoms with Crippen molar-refractivity contribution < 1.29 is 9.47 Å². The zero-order valence-corrected chi connectivity index (χ0v) is 12.6. The predicted molar refractivity (Wildman–Crippen MR) is 82.5 cm³/mol. The summed E-state index contributed by atoms with van der Waals surface area (Å²) in [5, 5.41) is 0.712. The average Bonchev–Trinajstić information content (AvgIpc) is 2.42. The summed E-state index contributed by atoms with van der Waals surface area (Å²) in [6.07, 6.45) is 0. The van der Waals surface area contributed by atoms with Crippen molar-refractivity contribution in [3.8, 4) is 5.75 Å². The fourth-order valence-electron chi connectivity index (χ4n) is 1.94. The first-order valence-electron chi connectivity index (χ1n) is 6.67. The van der Waals surface area contributed by atoms with Gasteiger partial charge >= 0.3 is 0 Å². The van der Waals surface area contributed by atoms with Gasteiger partial charge in [-0.2, -0.15) is 0 Å². The molecule has 20 heavy (non-hydrogen) atoms. The van der Waals surface area contributed by atoms with Crippen LogP contribution in [0.2, 0.25) is 5.02 Å². The third-order valence-corrected chi connectivity index (χ3v) is 3.32. The van der Waals surface area contributed by atoms with E-state index in [-0.39, 0.29) is 0 Å². The van der Waals surface area contributed by atoms with Gasteiger partial charge in [0.15, 0.2) is 0 Å². The molecule has 0 saturated carbocycles. The molecule has 0 aliphatic carbocycles. The van der Waals surface area contributed by atoms with E-state index in [4.69, 9.17) is 21.1 Å². The van der Waals surface area contributed by atoms with Gasteiger partial charge in [-0.15, -0.1) is 0 Å². The molecule has 0 N–H and O–H groups in total. The molecule has 3 heteroatoms. The van der Waals surface area contributed by atoms with E-state index in [0.29, 0.717) is 24.8 Å². The SMILES string of the molecule is Cc1ccc(COCCOc2ccc(Cl)cc2)c(C)c1. The Balaban J connectivity index is 1.70. The Morgan fingerprint density at radius 3 is 2.40 bits per heavy atom. The molecule has 2 nitrogen and oxygen atoms in total. The third kappa shape index (κ3) is 4.55. The van der Waals surface area contributed by atoms with Gasteiger partial charge in [-0.3, -0.25) is 0 Å². The lowest BCUT2D eigenvalue weighted by atomic mass is 10.1. The molecule has 2 rings (SSSR count). The minimum Gasteiger partial charge on any atom is -0.491 e. The summed E-state index contributed by atoms with van der Waals surface area (Å²) in [4.78, 5) is 0. The lowest BCUT2D eigenvalue weighted by Gasteiger charge is -2.09. The van der Waals surface area contributed by atoms with Crippen LogP contribution in [-0.2, 0) is 11.3 Å². The number of hydrogen-bond donors (Lipinski definition) is 0. The normalized spacial score (nSPS) is 10.6. The summed E-state index contributed by atoms with van der Waals surface area (Å²) in [5.41, 5.74) is 3.77. The van der Waals surface area contributed by atoms with Crippen LogP contribution in [0.1, 0.15) is 16.7 Å². The van der Waals surface area contributed by atoms with E-state index in [0.717, 1.165) is 5.75 Å². The Morgan fingerprint density at radius 1 is 0.950 bits per heavy atom. The van der Waals surface area contributed by atoms with Gasteiger partial charge in [0.25, 0.3) is 0 Å². The molecule has 0 radical (unpaired) electrons. The highest BCUT2D eigenvalue weighted by molar-refractivity contribution is 6.30. The molecular formula is C17H19ClO2. The summed E-state index contributed by atoms with van der Waals surface area (Å²) in [7, 11) is 0. The third-order valence-electron chi connectivity index (χ3n) is 3.07. The zero-order valence-electron chi connectivity index (χ0n) is 11.9. The Labute approximate surface area is 125 Å². The van der Waals surface area contributed by atoms with Crippen molar-refractivity contribution in [3.63, 3.8) is 0 Å². The lowest BCUT2D eigenvalue weighted by Crippen LogP contribution is -2.07. The second-order valence-corrected chi connectivity index (χ2v) is 5.22. The second kappa shape index (κ2) is 7.32. The molecule has 0 heterocycles. The molecule has 0 bridgehead atoms. The number of halogens is 1. The molecule has 0 aliphatic rings. The molecule has 0 aromatic heterocycles. The number of hydrogen-bond acceptors (Lipinski definition) is 2. The molecule has 2 aromatic carbocycles. The van der Waals surface area contributed by atoms with Crippen LogP contribution in [-0.4, -0.2) is 13.2 Å². The van der Waals surface area contributed by atoms with Crippen LogP contribution in [0.4, 0.5) is 0 Å². The van der Waals surface area contributed by atoms with Crippen LogP contribution in [0, 0.1) is 13.8 Å². The van der Waals surface area contributed by atoms with E-state index in [1.807, 2.05) is 24.3 Å². The summed E-state index contributed by atoms with van der Waals surface area (Å²) in [5.74, 6) is 0.810. The number of aryl methyl sites for hydroxylation is 2. The van der Waals surface area contributed by atoms with Gasteiger partial charge in [0.05, 0.1) is 13.2 Å². The van der Waals surface area contributed by atoms with Crippen LogP contribution in [0.5, 0.6) is 5.75 Å². The molecule has 0 saturated heterocycles. The maximum atomic E-state index is 5.81. The van der Waals surface area contributed by atoms with Crippen molar-refractivity contribution in [2.75, 3.05) is 13.2 Å². The first-order valence-corrected chi connectivity index (χ1v) is 7.05. The van der Waals surface area contributed by atoms with Crippen molar-refractivity contribution in [1.82, 2.24) is 0 Å². The molecular weight excluding hydrogens is 272 g/mol. The minimum atomic E-state index is 0.534. The van der Waals surface area contributed by atoms with Gasteiger partial charge in [-0.05, 0) is 49.2 Å². The van der Waals surface area contributed by atoms with Gasteiger partial charge in [0.2, 0.25) is 0 Å². The van der Waals surface area contributed by atoms with Crippen LogP contribution in [0.15, 0.2) is 42.5 Å². The van der Waals surface area contributed by atoms with Gasteiger partial charge in [-0.25, -0.2) is 0 Å². The number of benzene rings is 2. The van der Waals surface area contributed by atoms with Crippen molar-refractivity contribution in [1.29, 1.82) is 0 Å². The molecule has 0 atom stereocenters. The largest absolute Gasteiger partial charge is 0.491 e. The van der Waals surface area contributed by atoms with E-state index in [2.05, 4.69) is 32.0 Å². The van der Waals surface area contributed by atoms with E-state index in [9.17, 15) is 0 Å². The fourth-order valence-corrected chi connectivity index (χ4v) is 2.07. The van der Waals surface area contributed by atoms with E-state index in [1.54, 1.807) is 0 Å². The molecule has 0 aliphatic heterocycles. The highest BCUT2D eigenvalue weighted by Gasteiger charge is 1.99. The topological polar surface area (TPSA) is 18.5 Å². The molecule has 106 valence electrons. The Bertz CT molecular complexity index is 549. The van der Waals surface area contributed by atoms with Crippen molar-refractivity contribution in [2.45, 2.75) is 20.5 Å². The molecule has 0 spiro atoms. The van der Waals surface area contributed by atoms with Gasteiger partial charge in [0, 0.05) is 5.02 Å². The van der Waals surface area contributed by atoms with Gasteiger partial charge < -0.3 is 9.47 Å². The highest BCUT2D eigenvalue weighted by Crippen LogP contribution is 2.15. The monoisotopic (exact) mass is 290 g/mol. The zero-order chi connectivity index (χ0) is 14.4. The van der Waals surface area contributed by atoms with E-state index in [1.165, 1.54) is 16.7 Å². The maximum absolute atomic E-state index is 5.81.